The van der Waals surface area contributed by atoms with E-state index in [2.05, 4.69) is 0 Å². The van der Waals surface area contributed by atoms with Gasteiger partial charge in [0.2, 0.25) is 0 Å². The quantitative estimate of drug-likeness (QED) is 0.567. The Morgan fingerprint density at radius 3 is 2.92 bits per heavy atom. The summed E-state index contributed by atoms with van der Waals surface area (Å²) < 4.78 is 0. The minimum Gasteiger partial charge on any atom is -0.508 e. The SMILES string of the molecule is CC/C=C/C(=O)c1cccc(O)c1. The van der Waals surface area contributed by atoms with Crippen LogP contribution in [0.4, 0.5) is 0 Å². The third-order valence-electron chi connectivity index (χ3n) is 1.64. The molecular formula is C11H12O2. The number of ketones is 1. The number of aromatic hydroxyl groups is 1. The lowest BCUT2D eigenvalue weighted by Crippen LogP contribution is -1.92. The highest BCUT2D eigenvalue weighted by Gasteiger charge is 2.00. The van der Waals surface area contributed by atoms with E-state index in [9.17, 15) is 4.79 Å². The molecule has 0 aromatic heterocycles. The number of phenols is 1. The first-order valence-corrected chi connectivity index (χ1v) is 4.24. The highest BCUT2D eigenvalue weighted by molar-refractivity contribution is 6.04. The van der Waals surface area contributed by atoms with Crippen LogP contribution in [0.1, 0.15) is 23.7 Å². The fourth-order valence-electron chi connectivity index (χ4n) is 0.980. The third kappa shape index (κ3) is 2.75. The molecule has 1 aromatic carbocycles. The average molecular weight is 176 g/mol. The lowest BCUT2D eigenvalue weighted by molar-refractivity contribution is 0.104. The van der Waals surface area contributed by atoms with Gasteiger partial charge in [-0.2, -0.15) is 0 Å². The summed E-state index contributed by atoms with van der Waals surface area (Å²) in [5.74, 6) is 0.0495. The Bertz CT molecular complexity index is 327. The summed E-state index contributed by atoms with van der Waals surface area (Å²) in [6, 6.07) is 6.34. The number of hydrogen-bond acceptors (Lipinski definition) is 2. The molecule has 0 aliphatic carbocycles. The zero-order valence-corrected chi connectivity index (χ0v) is 7.53. The van der Waals surface area contributed by atoms with Gasteiger partial charge in [0.15, 0.2) is 5.78 Å². The number of carbonyl (C=O) groups is 1. The Hall–Kier alpha value is -1.57. The minimum absolute atomic E-state index is 0.0715. The molecule has 68 valence electrons. The van der Waals surface area contributed by atoms with Crippen molar-refractivity contribution in [3.63, 3.8) is 0 Å². The van der Waals surface area contributed by atoms with Gasteiger partial charge in [-0.05, 0) is 24.6 Å². The van der Waals surface area contributed by atoms with E-state index >= 15 is 0 Å². The summed E-state index contributed by atoms with van der Waals surface area (Å²) in [6.45, 7) is 1.96. The predicted molar refractivity (Wildman–Crippen MR) is 51.9 cm³/mol. The van der Waals surface area contributed by atoms with Crippen LogP contribution in [0.5, 0.6) is 5.75 Å². The number of carbonyl (C=O) groups excluding carboxylic acids is 1. The van der Waals surface area contributed by atoms with Crippen LogP contribution in [0.15, 0.2) is 36.4 Å². The Labute approximate surface area is 77.5 Å². The van der Waals surface area contributed by atoms with Crippen molar-refractivity contribution in [3.05, 3.63) is 42.0 Å². The van der Waals surface area contributed by atoms with Gasteiger partial charge in [0, 0.05) is 5.56 Å². The standard InChI is InChI=1S/C11H12O2/c1-2-3-7-11(13)9-5-4-6-10(12)8-9/h3-8,12H,2H2,1H3/b7-3+. The molecule has 1 N–H and O–H groups in total. The van der Waals surface area contributed by atoms with Gasteiger partial charge in [0.25, 0.3) is 0 Å². The molecule has 1 aromatic rings. The second-order valence-electron chi connectivity index (χ2n) is 2.73. The molecular weight excluding hydrogens is 164 g/mol. The molecule has 0 saturated heterocycles. The summed E-state index contributed by atoms with van der Waals surface area (Å²) in [5.41, 5.74) is 0.518. The molecule has 2 nitrogen and oxygen atoms in total. The highest BCUT2D eigenvalue weighted by Crippen LogP contribution is 2.11. The molecule has 0 heterocycles. The smallest absolute Gasteiger partial charge is 0.185 e. The number of rotatable bonds is 3. The van der Waals surface area contributed by atoms with Crippen molar-refractivity contribution >= 4 is 5.78 Å². The van der Waals surface area contributed by atoms with E-state index in [1.165, 1.54) is 12.1 Å². The van der Waals surface area contributed by atoms with Gasteiger partial charge in [0.05, 0.1) is 0 Å². The molecule has 0 spiro atoms. The second kappa shape index (κ2) is 4.45. The van der Waals surface area contributed by atoms with Crippen LogP contribution in [0, 0.1) is 0 Å². The van der Waals surface area contributed by atoms with E-state index in [0.29, 0.717) is 5.56 Å². The van der Waals surface area contributed by atoms with E-state index < -0.39 is 0 Å². The molecule has 0 aliphatic heterocycles. The lowest BCUT2D eigenvalue weighted by Gasteiger charge is -1.95. The summed E-state index contributed by atoms with van der Waals surface area (Å²) >= 11 is 0. The van der Waals surface area contributed by atoms with E-state index in [0.717, 1.165) is 6.42 Å². The summed E-state index contributed by atoms with van der Waals surface area (Å²) in [5, 5.41) is 9.11. The minimum atomic E-state index is -0.0715. The van der Waals surface area contributed by atoms with Gasteiger partial charge < -0.3 is 5.11 Å². The maximum Gasteiger partial charge on any atom is 0.185 e. The van der Waals surface area contributed by atoms with E-state index in [-0.39, 0.29) is 11.5 Å². The van der Waals surface area contributed by atoms with Crippen molar-refractivity contribution in [1.82, 2.24) is 0 Å². The topological polar surface area (TPSA) is 37.3 Å². The van der Waals surface area contributed by atoms with Crippen molar-refractivity contribution in [2.45, 2.75) is 13.3 Å². The molecule has 13 heavy (non-hydrogen) atoms. The molecule has 0 saturated carbocycles. The molecule has 0 amide bonds. The molecule has 2 heteroatoms. The van der Waals surface area contributed by atoms with Crippen LogP contribution in [0.25, 0.3) is 0 Å². The molecule has 0 aliphatic rings. The van der Waals surface area contributed by atoms with Gasteiger partial charge in [-0.15, -0.1) is 0 Å². The van der Waals surface area contributed by atoms with Crippen molar-refractivity contribution < 1.29 is 9.90 Å². The van der Waals surface area contributed by atoms with Gasteiger partial charge >= 0.3 is 0 Å². The second-order valence-corrected chi connectivity index (χ2v) is 2.73. The number of benzene rings is 1. The number of phenolic OH excluding ortho intramolecular Hbond substituents is 1. The van der Waals surface area contributed by atoms with Crippen LogP contribution >= 0.6 is 0 Å². The first-order valence-electron chi connectivity index (χ1n) is 4.24. The fraction of sp³-hybridized carbons (Fsp3) is 0.182. The molecule has 0 radical (unpaired) electrons. The molecule has 0 atom stereocenters. The van der Waals surface area contributed by atoms with Crippen molar-refractivity contribution in [1.29, 1.82) is 0 Å². The van der Waals surface area contributed by atoms with Crippen LogP contribution in [-0.4, -0.2) is 10.9 Å². The van der Waals surface area contributed by atoms with Gasteiger partial charge in [0.1, 0.15) is 5.75 Å². The molecule has 0 bridgehead atoms. The lowest BCUT2D eigenvalue weighted by atomic mass is 10.1. The van der Waals surface area contributed by atoms with Crippen molar-refractivity contribution in [2.24, 2.45) is 0 Å². The number of allylic oxidation sites excluding steroid dienone is 2. The zero-order chi connectivity index (χ0) is 9.68. The summed E-state index contributed by atoms with van der Waals surface area (Å²) in [7, 11) is 0. The van der Waals surface area contributed by atoms with Gasteiger partial charge in [-0.1, -0.05) is 25.1 Å². The molecule has 1 rings (SSSR count). The normalized spacial score (nSPS) is 10.5. The average Bonchev–Trinajstić information content (AvgIpc) is 2.14. The van der Waals surface area contributed by atoms with E-state index in [4.69, 9.17) is 5.11 Å². The first-order chi connectivity index (χ1) is 6.24. The largest absolute Gasteiger partial charge is 0.508 e. The maximum absolute atomic E-state index is 11.4. The van der Waals surface area contributed by atoms with Crippen LogP contribution in [0.2, 0.25) is 0 Å². The van der Waals surface area contributed by atoms with Crippen LogP contribution < -0.4 is 0 Å². The van der Waals surface area contributed by atoms with Crippen molar-refractivity contribution in [3.8, 4) is 5.75 Å². The third-order valence-corrected chi connectivity index (χ3v) is 1.64. The Morgan fingerprint density at radius 1 is 1.54 bits per heavy atom. The first kappa shape index (κ1) is 9.52. The maximum atomic E-state index is 11.4. The predicted octanol–water partition coefficient (Wildman–Crippen LogP) is 2.54. The van der Waals surface area contributed by atoms with Crippen LogP contribution in [-0.2, 0) is 0 Å². The van der Waals surface area contributed by atoms with E-state index in [1.54, 1.807) is 24.3 Å². The van der Waals surface area contributed by atoms with Gasteiger partial charge in [-0.3, -0.25) is 4.79 Å². The fourth-order valence-corrected chi connectivity index (χ4v) is 0.980. The summed E-state index contributed by atoms with van der Waals surface area (Å²) in [6.07, 6.45) is 4.16. The zero-order valence-electron chi connectivity index (χ0n) is 7.53. The monoisotopic (exact) mass is 176 g/mol. The Morgan fingerprint density at radius 2 is 2.31 bits per heavy atom. The van der Waals surface area contributed by atoms with E-state index in [1.807, 2.05) is 6.92 Å². The Balaban J connectivity index is 2.83. The molecule has 0 fully saturated rings. The van der Waals surface area contributed by atoms with Crippen LogP contribution in [0.3, 0.4) is 0 Å². The summed E-state index contributed by atoms with van der Waals surface area (Å²) in [4.78, 5) is 11.4. The van der Waals surface area contributed by atoms with Crippen molar-refractivity contribution in [2.75, 3.05) is 0 Å². The molecule has 0 unspecified atom stereocenters. The highest BCUT2D eigenvalue weighted by atomic mass is 16.3. The number of hydrogen-bond donors (Lipinski definition) is 1. The Kier molecular flexibility index (Phi) is 3.26. The van der Waals surface area contributed by atoms with Gasteiger partial charge in [-0.25, -0.2) is 0 Å².